The number of aromatic amines is 1. The van der Waals surface area contributed by atoms with Crippen molar-refractivity contribution in [1.29, 1.82) is 0 Å². The zero-order chi connectivity index (χ0) is 31.9. The van der Waals surface area contributed by atoms with Gasteiger partial charge in [-0.1, -0.05) is 26.8 Å². The summed E-state index contributed by atoms with van der Waals surface area (Å²) >= 11 is 0. The number of benzene rings is 2. The molecule has 4 rings (SSSR count). The molecule has 0 aliphatic rings. The standard InChI is InChI=1S/C30H44N4O8P2/c1-4-14-32(6-3)16-13-24-22-34(28-8-7-9-29(30(24)28)42-44(38,39)40)19-18-33(15-5-2)17-12-23-21-31-27-20-25(10-11-26(23)27)41-43(35,36)37/h7-11,20-22,31H,4-6,12-19H2,1-3H3,(H2,35,36,37)(H2,38,39,40). The maximum Gasteiger partial charge on any atom is 0.524 e. The van der Waals surface area contributed by atoms with Crippen LogP contribution in [0.2, 0.25) is 0 Å². The van der Waals surface area contributed by atoms with E-state index >= 15 is 0 Å². The van der Waals surface area contributed by atoms with E-state index in [-0.39, 0.29) is 11.5 Å². The number of aromatic nitrogens is 2. The van der Waals surface area contributed by atoms with Crippen molar-refractivity contribution in [3.8, 4) is 11.5 Å². The summed E-state index contributed by atoms with van der Waals surface area (Å²) in [7, 11) is -9.36. The highest BCUT2D eigenvalue weighted by Gasteiger charge is 2.22. The Morgan fingerprint density at radius 3 is 2.18 bits per heavy atom. The molecule has 0 atom stereocenters. The number of phosphoric ester groups is 2. The lowest BCUT2D eigenvalue weighted by Gasteiger charge is -2.22. The number of nitrogens with one attached hydrogen (secondary N) is 1. The van der Waals surface area contributed by atoms with Crippen LogP contribution in [-0.2, 0) is 28.5 Å². The summed E-state index contributed by atoms with van der Waals surface area (Å²) in [4.78, 5) is 45.3. The summed E-state index contributed by atoms with van der Waals surface area (Å²) in [6, 6.07) is 10.3. The molecule has 0 saturated heterocycles. The molecule has 2 heterocycles. The zero-order valence-corrected chi connectivity index (χ0v) is 27.3. The Bertz CT molecular complexity index is 1630. The van der Waals surface area contributed by atoms with Crippen LogP contribution in [0.25, 0.3) is 21.8 Å². The molecule has 0 radical (unpaired) electrons. The lowest BCUT2D eigenvalue weighted by molar-refractivity contribution is 0.267. The van der Waals surface area contributed by atoms with Gasteiger partial charge in [0.05, 0.1) is 5.52 Å². The van der Waals surface area contributed by atoms with Crippen molar-refractivity contribution in [2.75, 3.05) is 39.3 Å². The van der Waals surface area contributed by atoms with E-state index in [1.165, 1.54) is 0 Å². The number of nitrogens with zero attached hydrogens (tertiary/aromatic N) is 3. The molecule has 5 N–H and O–H groups in total. The van der Waals surface area contributed by atoms with Crippen LogP contribution in [0.3, 0.4) is 0 Å². The third-order valence-corrected chi connectivity index (χ3v) is 8.59. The number of hydrogen-bond acceptors (Lipinski definition) is 6. The smallest absolute Gasteiger partial charge is 0.404 e. The Hall–Kier alpha value is -2.66. The molecule has 0 amide bonds. The maximum atomic E-state index is 11.8. The molecule has 4 aromatic rings. The van der Waals surface area contributed by atoms with Gasteiger partial charge in [0.15, 0.2) is 0 Å². The van der Waals surface area contributed by atoms with Crippen molar-refractivity contribution in [3.05, 3.63) is 59.9 Å². The summed E-state index contributed by atoms with van der Waals surface area (Å²) < 4.78 is 35.0. The number of H-pyrrole nitrogens is 1. The van der Waals surface area contributed by atoms with Gasteiger partial charge < -0.3 is 28.4 Å². The van der Waals surface area contributed by atoms with E-state index in [0.717, 1.165) is 97.9 Å². The summed E-state index contributed by atoms with van der Waals surface area (Å²) in [5, 5.41) is 1.72. The van der Waals surface area contributed by atoms with E-state index in [9.17, 15) is 18.9 Å². The molecule has 12 nitrogen and oxygen atoms in total. The first kappa shape index (κ1) is 34.2. The molecule has 0 bridgehead atoms. The second-order valence-corrected chi connectivity index (χ2v) is 13.3. The number of rotatable bonds is 18. The van der Waals surface area contributed by atoms with Crippen molar-refractivity contribution < 1.29 is 37.8 Å². The highest BCUT2D eigenvalue weighted by Crippen LogP contribution is 2.42. The summed E-state index contributed by atoms with van der Waals surface area (Å²) in [6.07, 6.45) is 7.57. The molecule has 0 spiro atoms. The number of fused-ring (bicyclic) bond motifs is 2. The maximum absolute atomic E-state index is 11.8. The topological polar surface area (TPSA) is 161 Å². The van der Waals surface area contributed by atoms with Gasteiger partial charge in [-0.05, 0) is 80.7 Å². The Labute approximate surface area is 258 Å². The predicted molar refractivity (Wildman–Crippen MR) is 172 cm³/mol. The first-order valence-corrected chi connectivity index (χ1v) is 18.1. The largest absolute Gasteiger partial charge is 0.524 e. The normalized spacial score (nSPS) is 12.7. The molecular formula is C30H44N4O8P2. The van der Waals surface area contributed by atoms with Gasteiger partial charge in [-0.3, -0.25) is 19.6 Å². The van der Waals surface area contributed by atoms with Gasteiger partial charge in [0, 0.05) is 60.9 Å². The minimum Gasteiger partial charge on any atom is -0.404 e. The minimum absolute atomic E-state index is 0.104. The van der Waals surface area contributed by atoms with Crippen LogP contribution < -0.4 is 9.05 Å². The highest BCUT2D eigenvalue weighted by molar-refractivity contribution is 7.47. The number of likely N-dealkylation sites (N-methyl/N-ethyl adjacent to an activating group) is 1. The molecule has 2 aromatic carbocycles. The Morgan fingerprint density at radius 2 is 1.50 bits per heavy atom. The monoisotopic (exact) mass is 650 g/mol. The van der Waals surface area contributed by atoms with E-state index < -0.39 is 15.6 Å². The summed E-state index contributed by atoms with van der Waals surface area (Å²) in [5.74, 6) is 0.300. The lowest BCUT2D eigenvalue weighted by atomic mass is 10.1. The average molecular weight is 651 g/mol. The van der Waals surface area contributed by atoms with Crippen LogP contribution in [0.15, 0.2) is 48.8 Å². The molecule has 0 aliphatic carbocycles. The lowest BCUT2D eigenvalue weighted by Crippen LogP contribution is -2.30. The Kier molecular flexibility index (Phi) is 11.7. The molecule has 44 heavy (non-hydrogen) atoms. The molecule has 242 valence electrons. The third kappa shape index (κ3) is 9.42. The number of phosphoric acid groups is 2. The molecule has 0 unspecified atom stereocenters. The van der Waals surface area contributed by atoms with Crippen molar-refractivity contribution >= 4 is 37.5 Å². The van der Waals surface area contributed by atoms with E-state index in [2.05, 4.69) is 46.3 Å². The fraction of sp³-hybridized carbons (Fsp3) is 0.467. The first-order valence-electron chi connectivity index (χ1n) is 15.1. The highest BCUT2D eigenvalue weighted by atomic mass is 31.2. The molecule has 2 aromatic heterocycles. The summed E-state index contributed by atoms with van der Waals surface area (Å²) in [6.45, 7) is 12.4. The van der Waals surface area contributed by atoms with E-state index in [1.807, 2.05) is 12.3 Å². The molecule has 14 heteroatoms. The van der Waals surface area contributed by atoms with E-state index in [0.29, 0.717) is 6.54 Å². The van der Waals surface area contributed by atoms with Crippen LogP contribution in [0.1, 0.15) is 44.7 Å². The minimum atomic E-state index is -4.73. The molecule has 0 saturated carbocycles. The van der Waals surface area contributed by atoms with Gasteiger partial charge in [0.1, 0.15) is 11.5 Å². The van der Waals surface area contributed by atoms with Crippen LogP contribution in [0.4, 0.5) is 0 Å². The Morgan fingerprint density at radius 1 is 0.818 bits per heavy atom. The molecular weight excluding hydrogens is 606 g/mol. The van der Waals surface area contributed by atoms with E-state index in [4.69, 9.17) is 18.8 Å². The predicted octanol–water partition coefficient (Wildman–Crippen LogP) is 5.29. The summed E-state index contributed by atoms with van der Waals surface area (Å²) in [5.41, 5.74) is 3.73. The Balaban J connectivity index is 1.51. The van der Waals surface area contributed by atoms with Gasteiger partial charge in [-0.25, -0.2) is 9.13 Å². The van der Waals surface area contributed by atoms with Gasteiger partial charge in [0.2, 0.25) is 0 Å². The van der Waals surface area contributed by atoms with Gasteiger partial charge in [-0.2, -0.15) is 0 Å². The van der Waals surface area contributed by atoms with Crippen molar-refractivity contribution in [3.63, 3.8) is 0 Å². The fourth-order valence-electron chi connectivity index (χ4n) is 5.75. The fourth-order valence-corrected chi connectivity index (χ4v) is 6.55. The van der Waals surface area contributed by atoms with Gasteiger partial charge in [-0.15, -0.1) is 0 Å². The van der Waals surface area contributed by atoms with Crippen molar-refractivity contribution in [2.45, 2.75) is 53.0 Å². The van der Waals surface area contributed by atoms with Crippen LogP contribution in [0.5, 0.6) is 11.5 Å². The van der Waals surface area contributed by atoms with E-state index in [1.54, 1.807) is 30.3 Å². The second kappa shape index (κ2) is 15.1. The van der Waals surface area contributed by atoms with Crippen LogP contribution >= 0.6 is 15.6 Å². The average Bonchev–Trinajstić information content (AvgIpc) is 3.52. The zero-order valence-electron chi connectivity index (χ0n) is 25.6. The van der Waals surface area contributed by atoms with Gasteiger partial charge in [0.25, 0.3) is 0 Å². The quantitative estimate of drug-likeness (QED) is 0.0895. The van der Waals surface area contributed by atoms with Crippen LogP contribution in [-0.4, -0.2) is 78.2 Å². The SMILES string of the molecule is CCCN(CC)CCc1cn(CCN(CCC)CCc2c[nH]c3cc(OP(=O)(O)O)ccc23)c2cccc(OP(=O)(O)O)c12. The number of hydrogen-bond donors (Lipinski definition) is 5. The second-order valence-electron chi connectivity index (χ2n) is 11.0. The van der Waals surface area contributed by atoms with Crippen molar-refractivity contribution in [2.24, 2.45) is 0 Å². The molecule has 0 aliphatic heterocycles. The molecule has 0 fully saturated rings. The van der Waals surface area contributed by atoms with Gasteiger partial charge >= 0.3 is 15.6 Å². The van der Waals surface area contributed by atoms with Crippen LogP contribution in [0, 0.1) is 0 Å². The third-order valence-electron chi connectivity index (χ3n) is 7.71. The first-order chi connectivity index (χ1) is 20.9. The van der Waals surface area contributed by atoms with Crippen molar-refractivity contribution in [1.82, 2.24) is 19.4 Å².